The van der Waals surface area contributed by atoms with Gasteiger partial charge in [-0.05, 0) is 42.9 Å². The summed E-state index contributed by atoms with van der Waals surface area (Å²) in [6.07, 6.45) is 0. The fourth-order valence-electron chi connectivity index (χ4n) is 2.60. The molecule has 0 unspecified atom stereocenters. The van der Waals surface area contributed by atoms with Gasteiger partial charge in [0.2, 0.25) is 0 Å². The number of benzene rings is 1. The van der Waals surface area contributed by atoms with Crippen molar-refractivity contribution in [2.24, 2.45) is 0 Å². The lowest BCUT2D eigenvalue weighted by Gasteiger charge is -2.06. The van der Waals surface area contributed by atoms with E-state index < -0.39 is 0 Å². The molecule has 3 aromatic rings. The fourth-order valence-corrected chi connectivity index (χ4v) is 2.89. The van der Waals surface area contributed by atoms with Gasteiger partial charge in [-0.1, -0.05) is 18.2 Å². The number of nitrogens with one attached hydrogen (secondary N) is 1. The first kappa shape index (κ1) is 14.4. The standard InChI is InChI=1S/C16H18BrN3O/c1-10-16(17)11(2)20(19-10)9-13-12-6-4-5-7-14(12)21-15(13)8-18-3/h4-7,18H,8-9H2,1-3H3. The quantitative estimate of drug-likeness (QED) is 0.780. The van der Waals surface area contributed by atoms with Gasteiger partial charge in [0.1, 0.15) is 11.3 Å². The highest BCUT2D eigenvalue weighted by Gasteiger charge is 2.16. The third-order valence-corrected chi connectivity index (χ3v) is 4.87. The number of hydrogen-bond donors (Lipinski definition) is 1. The van der Waals surface area contributed by atoms with E-state index >= 15 is 0 Å². The Morgan fingerprint density at radius 1 is 1.29 bits per heavy atom. The average Bonchev–Trinajstić information content (AvgIpc) is 2.94. The zero-order valence-corrected chi connectivity index (χ0v) is 14.0. The topological polar surface area (TPSA) is 43.0 Å². The summed E-state index contributed by atoms with van der Waals surface area (Å²) in [7, 11) is 1.93. The van der Waals surface area contributed by atoms with Crippen LogP contribution < -0.4 is 5.32 Å². The third-order valence-electron chi connectivity index (χ3n) is 3.72. The number of hydrogen-bond acceptors (Lipinski definition) is 3. The maximum atomic E-state index is 5.97. The SMILES string of the molecule is CNCc1oc2ccccc2c1Cn1nc(C)c(Br)c1C. The van der Waals surface area contributed by atoms with E-state index in [2.05, 4.69) is 39.3 Å². The molecule has 21 heavy (non-hydrogen) atoms. The van der Waals surface area contributed by atoms with Gasteiger partial charge in [-0.15, -0.1) is 0 Å². The predicted octanol–water partition coefficient (Wildman–Crippen LogP) is 3.78. The van der Waals surface area contributed by atoms with Gasteiger partial charge < -0.3 is 9.73 Å². The molecule has 4 nitrogen and oxygen atoms in total. The smallest absolute Gasteiger partial charge is 0.134 e. The minimum absolute atomic E-state index is 0.713. The Balaban J connectivity index is 2.10. The molecule has 0 aliphatic rings. The Hall–Kier alpha value is -1.59. The van der Waals surface area contributed by atoms with Crippen LogP contribution in [0.4, 0.5) is 0 Å². The molecule has 0 amide bonds. The second kappa shape index (κ2) is 5.66. The summed E-state index contributed by atoms with van der Waals surface area (Å²) in [5.41, 5.74) is 4.26. The van der Waals surface area contributed by atoms with E-state index in [1.165, 1.54) is 5.56 Å². The van der Waals surface area contributed by atoms with Crippen LogP contribution in [0.2, 0.25) is 0 Å². The first-order chi connectivity index (χ1) is 10.1. The normalized spacial score (nSPS) is 11.4. The van der Waals surface area contributed by atoms with Crippen LogP contribution in [0.15, 0.2) is 33.2 Å². The molecule has 0 atom stereocenters. The molecule has 0 bridgehead atoms. The van der Waals surface area contributed by atoms with E-state index in [9.17, 15) is 0 Å². The van der Waals surface area contributed by atoms with Crippen LogP contribution in [0.25, 0.3) is 11.0 Å². The molecule has 5 heteroatoms. The van der Waals surface area contributed by atoms with Crippen LogP contribution in [-0.2, 0) is 13.1 Å². The lowest BCUT2D eigenvalue weighted by molar-refractivity contribution is 0.517. The number of fused-ring (bicyclic) bond motifs is 1. The Morgan fingerprint density at radius 2 is 2.05 bits per heavy atom. The molecule has 0 aliphatic heterocycles. The molecule has 0 saturated carbocycles. The second-order valence-corrected chi connectivity index (χ2v) is 5.97. The van der Waals surface area contributed by atoms with Crippen molar-refractivity contribution in [2.45, 2.75) is 26.9 Å². The molecule has 3 rings (SSSR count). The zero-order chi connectivity index (χ0) is 15.0. The van der Waals surface area contributed by atoms with E-state index in [4.69, 9.17) is 4.42 Å². The Morgan fingerprint density at radius 3 is 2.71 bits per heavy atom. The average molecular weight is 348 g/mol. The number of aryl methyl sites for hydroxylation is 1. The van der Waals surface area contributed by atoms with Gasteiger partial charge >= 0.3 is 0 Å². The van der Waals surface area contributed by atoms with Crippen LogP contribution in [0.3, 0.4) is 0 Å². The highest BCUT2D eigenvalue weighted by Crippen LogP contribution is 2.28. The molecule has 1 N–H and O–H groups in total. The molecule has 0 aliphatic carbocycles. The van der Waals surface area contributed by atoms with E-state index in [0.29, 0.717) is 13.1 Å². The number of halogens is 1. The Labute approximate surface area is 132 Å². The number of nitrogens with zero attached hydrogens (tertiary/aromatic N) is 2. The number of aromatic nitrogens is 2. The molecule has 2 aromatic heterocycles. The molecule has 110 valence electrons. The predicted molar refractivity (Wildman–Crippen MR) is 87.5 cm³/mol. The van der Waals surface area contributed by atoms with E-state index in [0.717, 1.165) is 32.6 Å². The number of para-hydroxylation sites is 1. The van der Waals surface area contributed by atoms with E-state index in [1.54, 1.807) is 0 Å². The minimum Gasteiger partial charge on any atom is -0.459 e. The second-order valence-electron chi connectivity index (χ2n) is 5.17. The highest BCUT2D eigenvalue weighted by atomic mass is 79.9. The van der Waals surface area contributed by atoms with Crippen molar-refractivity contribution in [3.8, 4) is 0 Å². The Bertz CT molecular complexity index is 788. The summed E-state index contributed by atoms with van der Waals surface area (Å²) >= 11 is 3.58. The summed E-state index contributed by atoms with van der Waals surface area (Å²) in [5, 5.41) is 8.93. The van der Waals surface area contributed by atoms with Gasteiger partial charge in [-0.25, -0.2) is 0 Å². The maximum absolute atomic E-state index is 5.97. The molecular weight excluding hydrogens is 330 g/mol. The van der Waals surface area contributed by atoms with Crippen LogP contribution >= 0.6 is 15.9 Å². The maximum Gasteiger partial charge on any atom is 0.134 e. The number of furan rings is 1. The van der Waals surface area contributed by atoms with Crippen LogP contribution in [0.5, 0.6) is 0 Å². The highest BCUT2D eigenvalue weighted by molar-refractivity contribution is 9.10. The molecule has 0 saturated heterocycles. The molecule has 1 aromatic carbocycles. The lowest BCUT2D eigenvalue weighted by Crippen LogP contribution is -2.10. The van der Waals surface area contributed by atoms with Crippen molar-refractivity contribution in [3.05, 3.63) is 51.4 Å². The van der Waals surface area contributed by atoms with Gasteiger partial charge in [-0.2, -0.15) is 5.10 Å². The molecule has 2 heterocycles. The molecule has 0 fully saturated rings. The Kier molecular flexibility index (Phi) is 3.87. The van der Waals surface area contributed by atoms with Gasteiger partial charge in [0, 0.05) is 10.9 Å². The third kappa shape index (κ3) is 2.51. The van der Waals surface area contributed by atoms with Crippen LogP contribution in [0.1, 0.15) is 22.7 Å². The summed E-state index contributed by atoms with van der Waals surface area (Å²) < 4.78 is 9.07. The molecule has 0 radical (unpaired) electrons. The van der Waals surface area contributed by atoms with Crippen molar-refractivity contribution >= 4 is 26.9 Å². The van der Waals surface area contributed by atoms with Gasteiger partial charge in [-0.3, -0.25) is 4.68 Å². The van der Waals surface area contributed by atoms with E-state index in [-0.39, 0.29) is 0 Å². The van der Waals surface area contributed by atoms with Crippen molar-refractivity contribution in [3.63, 3.8) is 0 Å². The summed E-state index contributed by atoms with van der Waals surface area (Å²) in [5.74, 6) is 0.974. The molecular formula is C16H18BrN3O. The van der Waals surface area contributed by atoms with Crippen molar-refractivity contribution < 1.29 is 4.42 Å². The minimum atomic E-state index is 0.713. The zero-order valence-electron chi connectivity index (χ0n) is 12.4. The van der Waals surface area contributed by atoms with E-state index in [1.807, 2.05) is 36.9 Å². The van der Waals surface area contributed by atoms with Crippen molar-refractivity contribution in [1.29, 1.82) is 0 Å². The largest absolute Gasteiger partial charge is 0.459 e. The first-order valence-electron chi connectivity index (χ1n) is 6.95. The lowest BCUT2D eigenvalue weighted by atomic mass is 10.1. The monoisotopic (exact) mass is 347 g/mol. The summed E-state index contributed by atoms with van der Waals surface area (Å²) in [4.78, 5) is 0. The molecule has 0 spiro atoms. The van der Waals surface area contributed by atoms with Crippen LogP contribution in [-0.4, -0.2) is 16.8 Å². The van der Waals surface area contributed by atoms with Gasteiger partial charge in [0.25, 0.3) is 0 Å². The van der Waals surface area contributed by atoms with Crippen molar-refractivity contribution in [1.82, 2.24) is 15.1 Å². The summed E-state index contributed by atoms with van der Waals surface area (Å²) in [6.45, 7) is 5.51. The van der Waals surface area contributed by atoms with Gasteiger partial charge in [0.15, 0.2) is 0 Å². The fraction of sp³-hybridized carbons (Fsp3) is 0.312. The van der Waals surface area contributed by atoms with Gasteiger partial charge in [0.05, 0.1) is 29.0 Å². The van der Waals surface area contributed by atoms with Crippen molar-refractivity contribution in [2.75, 3.05) is 7.05 Å². The van der Waals surface area contributed by atoms with Crippen LogP contribution in [0, 0.1) is 13.8 Å². The number of rotatable bonds is 4. The first-order valence-corrected chi connectivity index (χ1v) is 7.74. The summed E-state index contributed by atoms with van der Waals surface area (Å²) in [6, 6.07) is 8.16.